The monoisotopic (exact) mass is 289 g/mol. The van der Waals surface area contributed by atoms with Crippen LogP contribution in [0.3, 0.4) is 0 Å². The summed E-state index contributed by atoms with van der Waals surface area (Å²) >= 11 is 0. The summed E-state index contributed by atoms with van der Waals surface area (Å²) < 4.78 is 7.42. The van der Waals surface area contributed by atoms with Gasteiger partial charge < -0.3 is 10.1 Å². The average molecular weight is 289 g/mol. The largest absolute Gasteiger partial charge is 0.490 e. The van der Waals surface area contributed by atoms with Crippen LogP contribution in [0.15, 0.2) is 18.3 Å². The maximum Gasteiger partial charge on any atom is 0.270 e. The highest BCUT2D eigenvalue weighted by molar-refractivity contribution is 5.95. The lowest BCUT2D eigenvalue weighted by Crippen LogP contribution is -2.26. The number of nitrogens with one attached hydrogen (secondary N) is 1. The van der Waals surface area contributed by atoms with Crippen LogP contribution in [0.25, 0.3) is 5.65 Å². The molecule has 0 atom stereocenters. The fourth-order valence-electron chi connectivity index (χ4n) is 2.31. The van der Waals surface area contributed by atoms with Crippen LogP contribution in [0.1, 0.15) is 49.8 Å². The summed E-state index contributed by atoms with van der Waals surface area (Å²) in [6.45, 7) is 7.31. The predicted octanol–water partition coefficient (Wildman–Crippen LogP) is 2.83. The van der Waals surface area contributed by atoms with Gasteiger partial charge in [-0.3, -0.25) is 9.20 Å². The molecule has 0 unspecified atom stereocenters. The number of carbonyl (C=O) groups is 1. The lowest BCUT2D eigenvalue weighted by Gasteiger charge is -2.07. The van der Waals surface area contributed by atoms with Crippen LogP contribution in [-0.2, 0) is 6.42 Å². The van der Waals surface area contributed by atoms with E-state index < -0.39 is 0 Å². The number of carbonyl (C=O) groups excluding carboxylic acids is 1. The Morgan fingerprint density at radius 3 is 2.86 bits per heavy atom. The molecule has 0 spiro atoms. The zero-order valence-corrected chi connectivity index (χ0v) is 13.0. The van der Waals surface area contributed by atoms with Crippen molar-refractivity contribution in [3.8, 4) is 5.75 Å². The molecular formula is C16H23N3O2. The second-order valence-electron chi connectivity index (χ2n) is 4.87. The number of pyridine rings is 1. The summed E-state index contributed by atoms with van der Waals surface area (Å²) in [5.41, 5.74) is 2.12. The Kier molecular flexibility index (Phi) is 5.20. The van der Waals surface area contributed by atoms with E-state index in [4.69, 9.17) is 4.74 Å². The van der Waals surface area contributed by atoms with E-state index in [0.29, 0.717) is 36.7 Å². The Labute approximate surface area is 125 Å². The van der Waals surface area contributed by atoms with Crippen LogP contribution in [0.2, 0.25) is 0 Å². The van der Waals surface area contributed by atoms with Crippen molar-refractivity contribution in [1.29, 1.82) is 0 Å². The molecular weight excluding hydrogens is 266 g/mol. The van der Waals surface area contributed by atoms with E-state index in [1.165, 1.54) is 0 Å². The van der Waals surface area contributed by atoms with E-state index in [9.17, 15) is 4.79 Å². The minimum atomic E-state index is -0.0681. The molecule has 1 N–H and O–H groups in total. The molecule has 1 amide bonds. The number of fused-ring (bicyclic) bond motifs is 1. The van der Waals surface area contributed by atoms with Crippen molar-refractivity contribution >= 4 is 11.6 Å². The Balaban J connectivity index is 2.41. The first-order valence-corrected chi connectivity index (χ1v) is 7.63. The molecule has 5 nitrogen and oxygen atoms in total. The SMILES string of the molecule is CCCCNC(=O)c1c(CC)nc2c(OCC)cccn12. The molecule has 0 bridgehead atoms. The third kappa shape index (κ3) is 3.17. The van der Waals surface area contributed by atoms with E-state index in [1.54, 1.807) is 0 Å². The summed E-state index contributed by atoms with van der Waals surface area (Å²) in [5, 5.41) is 2.96. The molecule has 21 heavy (non-hydrogen) atoms. The van der Waals surface area contributed by atoms with Gasteiger partial charge in [-0.05, 0) is 31.9 Å². The van der Waals surface area contributed by atoms with Gasteiger partial charge in [-0.25, -0.2) is 4.98 Å². The Hall–Kier alpha value is -2.04. The number of nitrogens with zero attached hydrogens (tertiary/aromatic N) is 2. The highest BCUT2D eigenvalue weighted by Crippen LogP contribution is 2.22. The van der Waals surface area contributed by atoms with Crippen molar-refractivity contribution in [3.63, 3.8) is 0 Å². The van der Waals surface area contributed by atoms with E-state index in [-0.39, 0.29) is 5.91 Å². The summed E-state index contributed by atoms with van der Waals surface area (Å²) in [5.74, 6) is 0.642. The van der Waals surface area contributed by atoms with Crippen molar-refractivity contribution in [1.82, 2.24) is 14.7 Å². The number of imidazole rings is 1. The topological polar surface area (TPSA) is 55.6 Å². The second-order valence-corrected chi connectivity index (χ2v) is 4.87. The zero-order valence-electron chi connectivity index (χ0n) is 13.0. The quantitative estimate of drug-likeness (QED) is 0.797. The van der Waals surface area contributed by atoms with E-state index in [2.05, 4.69) is 17.2 Å². The third-order valence-electron chi connectivity index (χ3n) is 3.35. The van der Waals surface area contributed by atoms with Crippen molar-refractivity contribution in [2.45, 2.75) is 40.0 Å². The van der Waals surface area contributed by atoms with Gasteiger partial charge in [0.15, 0.2) is 11.4 Å². The molecule has 0 aliphatic carbocycles. The van der Waals surface area contributed by atoms with Crippen LogP contribution in [-0.4, -0.2) is 28.4 Å². The van der Waals surface area contributed by atoms with Gasteiger partial charge in [0.25, 0.3) is 5.91 Å². The standard InChI is InChI=1S/C16H23N3O2/c1-4-7-10-17-16(20)14-12(5-2)18-15-13(21-6-3)9-8-11-19(14)15/h8-9,11H,4-7,10H2,1-3H3,(H,17,20). The molecule has 2 aromatic heterocycles. The highest BCUT2D eigenvalue weighted by atomic mass is 16.5. The van der Waals surface area contributed by atoms with Crippen LogP contribution in [0, 0.1) is 0 Å². The van der Waals surface area contributed by atoms with Gasteiger partial charge in [0.05, 0.1) is 12.3 Å². The molecule has 0 aromatic carbocycles. The number of rotatable bonds is 7. The summed E-state index contributed by atoms with van der Waals surface area (Å²) in [6, 6.07) is 3.76. The molecule has 0 aliphatic heterocycles. The molecule has 114 valence electrons. The molecule has 0 aliphatic rings. The van der Waals surface area contributed by atoms with E-state index in [1.807, 2.05) is 36.6 Å². The lowest BCUT2D eigenvalue weighted by molar-refractivity contribution is 0.0946. The van der Waals surface area contributed by atoms with Gasteiger partial charge in [-0.2, -0.15) is 0 Å². The van der Waals surface area contributed by atoms with Crippen LogP contribution < -0.4 is 10.1 Å². The maximum absolute atomic E-state index is 12.4. The normalized spacial score (nSPS) is 10.8. The summed E-state index contributed by atoms with van der Waals surface area (Å²) in [6.07, 6.45) is 4.61. The van der Waals surface area contributed by atoms with Crippen LogP contribution in [0.4, 0.5) is 0 Å². The summed E-state index contributed by atoms with van der Waals surface area (Å²) in [7, 11) is 0. The molecule has 0 saturated carbocycles. The fourth-order valence-corrected chi connectivity index (χ4v) is 2.31. The molecule has 0 saturated heterocycles. The number of amides is 1. The average Bonchev–Trinajstić information content (AvgIpc) is 2.87. The van der Waals surface area contributed by atoms with Gasteiger partial charge in [0.2, 0.25) is 0 Å². The van der Waals surface area contributed by atoms with Gasteiger partial charge in [-0.1, -0.05) is 20.3 Å². The first-order valence-electron chi connectivity index (χ1n) is 7.63. The number of hydrogen-bond acceptors (Lipinski definition) is 3. The highest BCUT2D eigenvalue weighted by Gasteiger charge is 2.19. The number of aromatic nitrogens is 2. The molecule has 2 rings (SSSR count). The maximum atomic E-state index is 12.4. The van der Waals surface area contributed by atoms with Crippen molar-refractivity contribution < 1.29 is 9.53 Å². The zero-order chi connectivity index (χ0) is 15.2. The first kappa shape index (κ1) is 15.4. The van der Waals surface area contributed by atoms with Gasteiger partial charge >= 0.3 is 0 Å². The summed E-state index contributed by atoms with van der Waals surface area (Å²) in [4.78, 5) is 17.0. The minimum absolute atomic E-state index is 0.0681. The molecule has 2 heterocycles. The third-order valence-corrected chi connectivity index (χ3v) is 3.35. The minimum Gasteiger partial charge on any atom is -0.490 e. The van der Waals surface area contributed by atoms with Crippen molar-refractivity contribution in [3.05, 3.63) is 29.7 Å². The van der Waals surface area contributed by atoms with Crippen molar-refractivity contribution in [2.75, 3.05) is 13.2 Å². The predicted molar refractivity (Wildman–Crippen MR) is 83.0 cm³/mol. The van der Waals surface area contributed by atoms with Gasteiger partial charge in [-0.15, -0.1) is 0 Å². The van der Waals surface area contributed by atoms with Crippen LogP contribution in [0.5, 0.6) is 5.75 Å². The molecule has 0 radical (unpaired) electrons. The van der Waals surface area contributed by atoms with Crippen molar-refractivity contribution in [2.24, 2.45) is 0 Å². The van der Waals surface area contributed by atoms with Gasteiger partial charge in [0.1, 0.15) is 5.69 Å². The van der Waals surface area contributed by atoms with E-state index >= 15 is 0 Å². The Morgan fingerprint density at radius 2 is 2.19 bits per heavy atom. The number of hydrogen-bond donors (Lipinski definition) is 1. The van der Waals surface area contributed by atoms with E-state index in [0.717, 1.165) is 18.5 Å². The Bertz CT molecular complexity index is 619. The number of aryl methyl sites for hydroxylation is 1. The Morgan fingerprint density at radius 1 is 1.38 bits per heavy atom. The number of ether oxygens (including phenoxy) is 1. The first-order chi connectivity index (χ1) is 10.2. The van der Waals surface area contributed by atoms with Gasteiger partial charge in [0, 0.05) is 12.7 Å². The van der Waals surface area contributed by atoms with Crippen LogP contribution >= 0.6 is 0 Å². The fraction of sp³-hybridized carbons (Fsp3) is 0.500. The molecule has 0 fully saturated rings. The number of unbranched alkanes of at least 4 members (excludes halogenated alkanes) is 1. The molecule has 2 aromatic rings. The molecule has 5 heteroatoms. The smallest absolute Gasteiger partial charge is 0.270 e. The lowest BCUT2D eigenvalue weighted by atomic mass is 10.2. The second kappa shape index (κ2) is 7.11.